The van der Waals surface area contributed by atoms with Crippen molar-refractivity contribution in [1.82, 2.24) is 20.0 Å². The number of aromatic nitrogens is 4. The van der Waals surface area contributed by atoms with Crippen LogP contribution in [0.3, 0.4) is 0 Å². The van der Waals surface area contributed by atoms with Crippen LogP contribution in [0.4, 0.5) is 18.9 Å². The SMILES string of the molecule is Cn1cc(N2CC[C@@H](Sc3ccc(C(F)(F)F)nn3)C2=O)cn1. The van der Waals surface area contributed by atoms with Gasteiger partial charge in [-0.1, -0.05) is 11.8 Å². The van der Waals surface area contributed by atoms with Gasteiger partial charge < -0.3 is 4.90 Å². The lowest BCUT2D eigenvalue weighted by Crippen LogP contribution is -2.27. The van der Waals surface area contributed by atoms with E-state index in [0.717, 1.165) is 17.8 Å². The highest BCUT2D eigenvalue weighted by molar-refractivity contribution is 8.00. The summed E-state index contributed by atoms with van der Waals surface area (Å²) in [5.41, 5.74) is -0.337. The molecule has 2 aromatic heterocycles. The van der Waals surface area contributed by atoms with E-state index in [-0.39, 0.29) is 11.2 Å². The van der Waals surface area contributed by atoms with Crippen LogP contribution in [-0.4, -0.2) is 37.7 Å². The van der Waals surface area contributed by atoms with Crippen LogP contribution in [0.2, 0.25) is 0 Å². The van der Waals surface area contributed by atoms with E-state index in [0.29, 0.717) is 23.7 Å². The van der Waals surface area contributed by atoms with E-state index >= 15 is 0 Å². The van der Waals surface area contributed by atoms with Gasteiger partial charge in [-0.15, -0.1) is 10.2 Å². The third-order valence-corrected chi connectivity index (χ3v) is 4.53. The Morgan fingerprint density at radius 1 is 1.30 bits per heavy atom. The number of carbonyl (C=O) groups excluding carboxylic acids is 1. The van der Waals surface area contributed by atoms with Gasteiger partial charge in [0.05, 0.1) is 17.1 Å². The second-order valence-electron chi connectivity index (χ2n) is 5.01. The second-order valence-corrected chi connectivity index (χ2v) is 6.23. The molecule has 1 amide bonds. The summed E-state index contributed by atoms with van der Waals surface area (Å²) in [6.45, 7) is 0.538. The van der Waals surface area contributed by atoms with Crippen LogP contribution in [0.5, 0.6) is 0 Å². The molecule has 122 valence electrons. The first kappa shape index (κ1) is 15.8. The van der Waals surface area contributed by atoms with Gasteiger partial charge in [-0.05, 0) is 18.6 Å². The quantitative estimate of drug-likeness (QED) is 0.854. The van der Waals surface area contributed by atoms with Crippen LogP contribution in [0.1, 0.15) is 12.1 Å². The molecular formula is C13H12F3N5OS. The number of thioether (sulfide) groups is 1. The first-order chi connectivity index (χ1) is 10.8. The third kappa shape index (κ3) is 3.31. The maximum absolute atomic E-state index is 12.4. The van der Waals surface area contributed by atoms with Gasteiger partial charge in [-0.2, -0.15) is 18.3 Å². The van der Waals surface area contributed by atoms with Crippen molar-refractivity contribution in [2.45, 2.75) is 22.9 Å². The molecule has 1 aliphatic rings. The van der Waals surface area contributed by atoms with Crippen LogP contribution in [0.25, 0.3) is 0 Å². The lowest BCUT2D eigenvalue weighted by Gasteiger charge is -2.13. The lowest BCUT2D eigenvalue weighted by atomic mass is 10.4. The fourth-order valence-corrected chi connectivity index (χ4v) is 3.22. The molecule has 0 aromatic carbocycles. The molecule has 1 saturated heterocycles. The molecule has 0 N–H and O–H groups in total. The van der Waals surface area contributed by atoms with Gasteiger partial charge in [0.1, 0.15) is 5.03 Å². The number of aryl methyl sites for hydroxylation is 1. The van der Waals surface area contributed by atoms with Crippen molar-refractivity contribution in [2.75, 3.05) is 11.4 Å². The van der Waals surface area contributed by atoms with E-state index in [1.165, 1.54) is 6.07 Å². The molecule has 0 aliphatic carbocycles. The minimum atomic E-state index is -4.52. The molecule has 2 aromatic rings. The van der Waals surface area contributed by atoms with Crippen molar-refractivity contribution in [1.29, 1.82) is 0 Å². The van der Waals surface area contributed by atoms with Gasteiger partial charge in [0.2, 0.25) is 5.91 Å². The van der Waals surface area contributed by atoms with E-state index < -0.39 is 11.9 Å². The summed E-state index contributed by atoms with van der Waals surface area (Å²) in [5.74, 6) is -0.107. The first-order valence-electron chi connectivity index (χ1n) is 6.72. The normalized spacial score (nSPS) is 18.7. The zero-order valence-corrected chi connectivity index (χ0v) is 12.8. The summed E-state index contributed by atoms with van der Waals surface area (Å²) < 4.78 is 38.9. The number of amides is 1. The van der Waals surface area contributed by atoms with Gasteiger partial charge in [0.15, 0.2) is 5.69 Å². The first-order valence-corrected chi connectivity index (χ1v) is 7.60. The summed E-state index contributed by atoms with van der Waals surface area (Å²) in [4.78, 5) is 14.0. The fourth-order valence-electron chi connectivity index (χ4n) is 2.25. The number of nitrogens with zero attached hydrogens (tertiary/aromatic N) is 5. The molecule has 1 fully saturated rings. The monoisotopic (exact) mass is 343 g/mol. The maximum atomic E-state index is 12.4. The highest BCUT2D eigenvalue weighted by Crippen LogP contribution is 2.33. The van der Waals surface area contributed by atoms with E-state index in [1.807, 2.05) is 0 Å². The summed E-state index contributed by atoms with van der Waals surface area (Å²) >= 11 is 1.12. The third-order valence-electron chi connectivity index (χ3n) is 3.35. The number of hydrogen-bond donors (Lipinski definition) is 0. The Balaban J connectivity index is 1.68. The van der Waals surface area contributed by atoms with Gasteiger partial charge in [-0.25, -0.2) is 0 Å². The molecule has 23 heavy (non-hydrogen) atoms. The lowest BCUT2D eigenvalue weighted by molar-refractivity contribution is -0.141. The van der Waals surface area contributed by atoms with Crippen molar-refractivity contribution < 1.29 is 18.0 Å². The Kier molecular flexibility index (Phi) is 4.00. The molecule has 1 atom stereocenters. The zero-order chi connectivity index (χ0) is 16.6. The predicted molar refractivity (Wildman–Crippen MR) is 76.9 cm³/mol. The van der Waals surface area contributed by atoms with E-state index in [1.54, 1.807) is 29.0 Å². The van der Waals surface area contributed by atoms with Gasteiger partial charge >= 0.3 is 6.18 Å². The average Bonchev–Trinajstić information content (AvgIpc) is 3.06. The van der Waals surface area contributed by atoms with Crippen LogP contribution < -0.4 is 4.90 Å². The molecule has 3 heterocycles. The largest absolute Gasteiger partial charge is 0.435 e. The van der Waals surface area contributed by atoms with Crippen LogP contribution in [0, 0.1) is 0 Å². The maximum Gasteiger partial charge on any atom is 0.435 e. The van der Waals surface area contributed by atoms with Crippen molar-refractivity contribution in [3.63, 3.8) is 0 Å². The second kappa shape index (κ2) is 5.84. The zero-order valence-electron chi connectivity index (χ0n) is 12.0. The molecule has 0 saturated carbocycles. The molecule has 0 unspecified atom stereocenters. The highest BCUT2D eigenvalue weighted by Gasteiger charge is 2.35. The van der Waals surface area contributed by atoms with Crippen molar-refractivity contribution in [2.24, 2.45) is 7.05 Å². The van der Waals surface area contributed by atoms with Gasteiger partial charge in [0, 0.05) is 19.8 Å². The van der Waals surface area contributed by atoms with Crippen molar-refractivity contribution in [3.8, 4) is 0 Å². The topological polar surface area (TPSA) is 63.9 Å². The van der Waals surface area contributed by atoms with Crippen molar-refractivity contribution >= 4 is 23.4 Å². The summed E-state index contributed by atoms with van der Waals surface area (Å²) in [5, 5.41) is 10.6. The van der Waals surface area contributed by atoms with Crippen LogP contribution >= 0.6 is 11.8 Å². The smallest absolute Gasteiger partial charge is 0.308 e. The van der Waals surface area contributed by atoms with Crippen LogP contribution in [-0.2, 0) is 18.0 Å². The van der Waals surface area contributed by atoms with Crippen molar-refractivity contribution in [3.05, 3.63) is 30.2 Å². The number of anilines is 1. The fraction of sp³-hybridized carbons (Fsp3) is 0.385. The number of rotatable bonds is 3. The molecule has 0 radical (unpaired) electrons. The predicted octanol–water partition coefficient (Wildman–Crippen LogP) is 2.13. The van der Waals surface area contributed by atoms with Gasteiger partial charge in [0.25, 0.3) is 0 Å². The minimum absolute atomic E-state index is 0.107. The Morgan fingerprint density at radius 3 is 2.65 bits per heavy atom. The average molecular weight is 343 g/mol. The Morgan fingerprint density at radius 2 is 2.09 bits per heavy atom. The number of carbonyl (C=O) groups is 1. The molecule has 0 spiro atoms. The molecular weight excluding hydrogens is 331 g/mol. The molecule has 3 rings (SSSR count). The standard InChI is InChI=1S/C13H12F3N5OS/c1-20-7-8(6-17-20)21-5-4-9(12(21)22)23-11-3-2-10(18-19-11)13(14,15)16/h2-3,6-7,9H,4-5H2,1H3/t9-/m1/s1. The van der Waals surface area contributed by atoms with Crippen LogP contribution in [0.15, 0.2) is 29.6 Å². The molecule has 0 bridgehead atoms. The Bertz CT molecular complexity index is 715. The Labute approximate surface area is 133 Å². The summed E-state index contributed by atoms with van der Waals surface area (Å²) in [6, 6.07) is 2.11. The number of halogens is 3. The van der Waals surface area contributed by atoms with E-state index in [4.69, 9.17) is 0 Å². The van der Waals surface area contributed by atoms with E-state index in [2.05, 4.69) is 15.3 Å². The number of alkyl halides is 3. The molecule has 6 nitrogen and oxygen atoms in total. The van der Waals surface area contributed by atoms with E-state index in [9.17, 15) is 18.0 Å². The summed E-state index contributed by atoms with van der Waals surface area (Å²) in [7, 11) is 1.76. The van der Waals surface area contributed by atoms with Gasteiger partial charge in [-0.3, -0.25) is 9.48 Å². The highest BCUT2D eigenvalue weighted by atomic mass is 32.2. The Hall–Kier alpha value is -2.10. The number of hydrogen-bond acceptors (Lipinski definition) is 5. The summed E-state index contributed by atoms with van der Waals surface area (Å²) in [6.07, 6.45) is -0.594. The minimum Gasteiger partial charge on any atom is -0.308 e. The molecule has 10 heteroatoms. The molecule has 1 aliphatic heterocycles.